The van der Waals surface area contributed by atoms with E-state index in [-0.39, 0.29) is 5.92 Å². The smallest absolute Gasteiger partial charge is 0.226 e. The molecule has 0 aliphatic carbocycles. The molecule has 1 amide bonds. The van der Waals surface area contributed by atoms with E-state index < -0.39 is 0 Å². The van der Waals surface area contributed by atoms with Crippen molar-refractivity contribution in [1.82, 2.24) is 4.90 Å². The van der Waals surface area contributed by atoms with Gasteiger partial charge >= 0.3 is 0 Å². The number of carbonyl (C=O) groups is 1. The number of amides is 1. The Morgan fingerprint density at radius 3 is 2.44 bits per heavy atom. The van der Waals surface area contributed by atoms with Gasteiger partial charge in [-0.1, -0.05) is 37.3 Å². The molecule has 2 rings (SSSR count). The van der Waals surface area contributed by atoms with E-state index >= 15 is 0 Å². The molecule has 98 valence electrons. The van der Waals surface area contributed by atoms with Crippen molar-refractivity contribution in [3.8, 4) is 0 Å². The van der Waals surface area contributed by atoms with E-state index in [1.54, 1.807) is 0 Å². The monoisotopic (exact) mass is 245 g/mol. The minimum Gasteiger partial charge on any atom is -0.342 e. The first-order chi connectivity index (χ1) is 8.81. The zero-order chi connectivity index (χ0) is 12.8. The van der Waals surface area contributed by atoms with Crippen molar-refractivity contribution in [3.05, 3.63) is 35.9 Å². The summed E-state index contributed by atoms with van der Waals surface area (Å²) in [5, 5.41) is 0. The number of piperidine rings is 1. The average Bonchev–Trinajstić information content (AvgIpc) is 2.46. The predicted octanol–water partition coefficient (Wildman–Crippen LogP) is 3.27. The van der Waals surface area contributed by atoms with Gasteiger partial charge in [0.05, 0.1) is 0 Å². The second-order valence-corrected chi connectivity index (χ2v) is 5.18. The standard InChI is InChI=1S/C16H23NO/c1-2-15(13-14-9-5-3-6-10-14)16(18)17-11-7-4-8-12-17/h3,5-6,9-10,15H,2,4,7-8,11-13H2,1H3/t15-/m0/s1. The van der Waals surface area contributed by atoms with Crippen LogP contribution in [-0.4, -0.2) is 23.9 Å². The molecule has 1 atom stereocenters. The minimum absolute atomic E-state index is 0.158. The minimum atomic E-state index is 0.158. The van der Waals surface area contributed by atoms with Crippen LogP contribution in [0.3, 0.4) is 0 Å². The predicted molar refractivity (Wildman–Crippen MR) is 74.4 cm³/mol. The molecular weight excluding hydrogens is 222 g/mol. The van der Waals surface area contributed by atoms with Gasteiger partial charge in [-0.2, -0.15) is 0 Å². The molecule has 1 aliphatic heterocycles. The number of hydrogen-bond acceptors (Lipinski definition) is 1. The second kappa shape index (κ2) is 6.58. The summed E-state index contributed by atoms with van der Waals surface area (Å²) in [6.45, 7) is 4.05. The lowest BCUT2D eigenvalue weighted by molar-refractivity contribution is -0.136. The fraction of sp³-hybridized carbons (Fsp3) is 0.562. The molecule has 2 nitrogen and oxygen atoms in total. The Balaban J connectivity index is 1.97. The number of carbonyl (C=O) groups excluding carboxylic acids is 1. The SMILES string of the molecule is CC[C@@H](Cc1ccccc1)C(=O)N1CCCCC1. The first-order valence-corrected chi connectivity index (χ1v) is 7.14. The molecule has 2 heteroatoms. The Kier molecular flexibility index (Phi) is 4.80. The summed E-state index contributed by atoms with van der Waals surface area (Å²) in [6, 6.07) is 10.4. The summed E-state index contributed by atoms with van der Waals surface area (Å²) >= 11 is 0. The number of hydrogen-bond donors (Lipinski definition) is 0. The number of likely N-dealkylation sites (tertiary alicyclic amines) is 1. The van der Waals surface area contributed by atoms with Crippen molar-refractivity contribution in [1.29, 1.82) is 0 Å². The zero-order valence-corrected chi connectivity index (χ0v) is 11.3. The van der Waals surface area contributed by atoms with Crippen LogP contribution >= 0.6 is 0 Å². The van der Waals surface area contributed by atoms with Crippen molar-refractivity contribution < 1.29 is 4.79 Å². The summed E-state index contributed by atoms with van der Waals surface area (Å²) < 4.78 is 0. The molecule has 0 aromatic heterocycles. The molecule has 18 heavy (non-hydrogen) atoms. The van der Waals surface area contributed by atoms with E-state index in [9.17, 15) is 4.79 Å². The quantitative estimate of drug-likeness (QED) is 0.797. The van der Waals surface area contributed by atoms with Crippen LogP contribution in [-0.2, 0) is 11.2 Å². The molecule has 0 spiro atoms. The highest BCUT2D eigenvalue weighted by Crippen LogP contribution is 2.18. The zero-order valence-electron chi connectivity index (χ0n) is 11.3. The first-order valence-electron chi connectivity index (χ1n) is 7.14. The molecular formula is C16H23NO. The third-order valence-electron chi connectivity index (χ3n) is 3.83. The van der Waals surface area contributed by atoms with Gasteiger partial charge in [0.25, 0.3) is 0 Å². The van der Waals surface area contributed by atoms with Gasteiger partial charge in [-0.15, -0.1) is 0 Å². The van der Waals surface area contributed by atoms with E-state index in [0.717, 1.165) is 25.9 Å². The van der Waals surface area contributed by atoms with Gasteiger partial charge in [0.2, 0.25) is 5.91 Å². The van der Waals surface area contributed by atoms with Crippen LogP contribution in [0.25, 0.3) is 0 Å². The number of rotatable bonds is 4. The van der Waals surface area contributed by atoms with Gasteiger partial charge in [0.1, 0.15) is 0 Å². The van der Waals surface area contributed by atoms with Crippen LogP contribution in [0.2, 0.25) is 0 Å². The average molecular weight is 245 g/mol. The molecule has 0 bridgehead atoms. The van der Waals surface area contributed by atoms with Crippen LogP contribution in [0, 0.1) is 5.92 Å². The highest BCUT2D eigenvalue weighted by atomic mass is 16.2. The molecule has 1 aliphatic rings. The van der Waals surface area contributed by atoms with E-state index in [2.05, 4.69) is 24.0 Å². The van der Waals surface area contributed by atoms with Crippen LogP contribution in [0.15, 0.2) is 30.3 Å². The third-order valence-corrected chi connectivity index (χ3v) is 3.83. The molecule has 0 saturated carbocycles. The Bertz CT molecular complexity index is 368. The summed E-state index contributed by atoms with van der Waals surface area (Å²) in [5.74, 6) is 0.520. The summed E-state index contributed by atoms with van der Waals surface area (Å²) in [5.41, 5.74) is 1.27. The summed E-state index contributed by atoms with van der Waals surface area (Å²) in [4.78, 5) is 14.5. The number of benzene rings is 1. The highest BCUT2D eigenvalue weighted by Gasteiger charge is 2.24. The van der Waals surface area contributed by atoms with E-state index in [1.165, 1.54) is 24.8 Å². The van der Waals surface area contributed by atoms with Crippen molar-refractivity contribution >= 4 is 5.91 Å². The summed E-state index contributed by atoms with van der Waals surface area (Å²) in [7, 11) is 0. The van der Waals surface area contributed by atoms with Crippen LogP contribution in [0.1, 0.15) is 38.2 Å². The van der Waals surface area contributed by atoms with E-state index in [0.29, 0.717) is 5.91 Å². The van der Waals surface area contributed by atoms with Gasteiger partial charge in [-0.25, -0.2) is 0 Å². The lowest BCUT2D eigenvalue weighted by Gasteiger charge is -2.30. The number of nitrogens with zero attached hydrogens (tertiary/aromatic N) is 1. The van der Waals surface area contributed by atoms with Gasteiger partial charge in [0, 0.05) is 19.0 Å². The van der Waals surface area contributed by atoms with Crippen molar-refractivity contribution in [2.75, 3.05) is 13.1 Å². The Hall–Kier alpha value is -1.31. The van der Waals surface area contributed by atoms with Crippen molar-refractivity contribution in [3.63, 3.8) is 0 Å². The third kappa shape index (κ3) is 3.34. The van der Waals surface area contributed by atoms with Crippen LogP contribution < -0.4 is 0 Å². The molecule has 1 fully saturated rings. The second-order valence-electron chi connectivity index (χ2n) is 5.18. The molecule has 0 radical (unpaired) electrons. The molecule has 0 N–H and O–H groups in total. The van der Waals surface area contributed by atoms with Gasteiger partial charge in [-0.3, -0.25) is 4.79 Å². The molecule has 0 unspecified atom stereocenters. The topological polar surface area (TPSA) is 20.3 Å². The molecule has 1 aromatic rings. The van der Waals surface area contributed by atoms with Crippen molar-refractivity contribution in [2.24, 2.45) is 5.92 Å². The molecule has 1 saturated heterocycles. The lowest BCUT2D eigenvalue weighted by atomic mass is 9.94. The maximum atomic E-state index is 12.5. The van der Waals surface area contributed by atoms with E-state index in [4.69, 9.17) is 0 Å². The maximum Gasteiger partial charge on any atom is 0.226 e. The Morgan fingerprint density at radius 2 is 1.83 bits per heavy atom. The first kappa shape index (κ1) is 13.1. The fourth-order valence-electron chi connectivity index (χ4n) is 2.68. The largest absolute Gasteiger partial charge is 0.342 e. The Morgan fingerprint density at radius 1 is 1.17 bits per heavy atom. The lowest BCUT2D eigenvalue weighted by Crippen LogP contribution is -2.40. The van der Waals surface area contributed by atoms with Gasteiger partial charge in [0.15, 0.2) is 0 Å². The Labute approximate surface area is 110 Å². The van der Waals surface area contributed by atoms with Gasteiger partial charge < -0.3 is 4.90 Å². The van der Waals surface area contributed by atoms with E-state index in [1.807, 2.05) is 18.2 Å². The fourth-order valence-corrected chi connectivity index (χ4v) is 2.68. The summed E-state index contributed by atoms with van der Waals surface area (Å²) in [6.07, 6.45) is 5.44. The highest BCUT2D eigenvalue weighted by molar-refractivity contribution is 5.79. The molecule has 1 aromatic carbocycles. The maximum absolute atomic E-state index is 12.5. The van der Waals surface area contributed by atoms with Crippen LogP contribution in [0.5, 0.6) is 0 Å². The van der Waals surface area contributed by atoms with Gasteiger partial charge in [-0.05, 0) is 37.7 Å². The van der Waals surface area contributed by atoms with Crippen LogP contribution in [0.4, 0.5) is 0 Å². The normalized spacial score (nSPS) is 17.5. The molecule has 1 heterocycles. The van der Waals surface area contributed by atoms with Crippen molar-refractivity contribution in [2.45, 2.75) is 39.0 Å².